The van der Waals surface area contributed by atoms with Crippen molar-refractivity contribution in [2.45, 2.75) is 52.6 Å². The number of rotatable bonds is 6. The second kappa shape index (κ2) is 8.47. The van der Waals surface area contributed by atoms with Crippen LogP contribution in [0.1, 0.15) is 47.0 Å². The summed E-state index contributed by atoms with van der Waals surface area (Å²) in [5, 5.41) is 14.3. The van der Waals surface area contributed by atoms with Gasteiger partial charge in [0.25, 0.3) is 0 Å². The average Bonchev–Trinajstić information content (AvgIpc) is 3.54. The van der Waals surface area contributed by atoms with Crippen LogP contribution >= 0.6 is 23.2 Å². The summed E-state index contributed by atoms with van der Waals surface area (Å²) in [7, 11) is 0. The number of nitrogens with one attached hydrogen (secondary N) is 1. The Balaban J connectivity index is 1.35. The van der Waals surface area contributed by atoms with E-state index in [2.05, 4.69) is 26.6 Å². The third-order valence-corrected chi connectivity index (χ3v) is 6.85. The lowest BCUT2D eigenvalue weighted by molar-refractivity contribution is -0.116. The first-order valence-corrected chi connectivity index (χ1v) is 11.7. The van der Waals surface area contributed by atoms with Gasteiger partial charge in [-0.25, -0.2) is 9.67 Å². The molecule has 4 aromatic rings. The van der Waals surface area contributed by atoms with Gasteiger partial charge in [-0.15, -0.1) is 0 Å². The normalized spacial score (nSPS) is 13.6. The van der Waals surface area contributed by atoms with E-state index in [1.54, 1.807) is 10.7 Å². The van der Waals surface area contributed by atoms with Crippen molar-refractivity contribution in [3.05, 3.63) is 68.7 Å². The smallest absolute Gasteiger partial charge is 0.246 e. The minimum atomic E-state index is -0.168. The highest BCUT2D eigenvalue weighted by atomic mass is 35.5. The van der Waals surface area contributed by atoms with Gasteiger partial charge in [0.1, 0.15) is 6.54 Å². The molecule has 0 unspecified atom stereocenters. The van der Waals surface area contributed by atoms with Crippen LogP contribution in [0.15, 0.2) is 30.5 Å². The zero-order valence-corrected chi connectivity index (χ0v) is 20.2. The second-order valence-corrected chi connectivity index (χ2v) is 9.43. The molecule has 0 aliphatic heterocycles. The Morgan fingerprint density at radius 3 is 2.55 bits per heavy atom. The van der Waals surface area contributed by atoms with E-state index in [4.69, 9.17) is 23.2 Å². The first-order valence-electron chi connectivity index (χ1n) is 10.9. The number of hydrogen-bond acceptors (Lipinski definition) is 4. The van der Waals surface area contributed by atoms with Crippen molar-refractivity contribution in [2.75, 3.05) is 5.32 Å². The molecule has 9 heteroatoms. The van der Waals surface area contributed by atoms with E-state index in [1.807, 2.05) is 43.8 Å². The summed E-state index contributed by atoms with van der Waals surface area (Å²) in [6.07, 6.45) is 4.22. The largest absolute Gasteiger partial charge is 0.321 e. The molecule has 1 N–H and O–H groups in total. The summed E-state index contributed by atoms with van der Waals surface area (Å²) in [6, 6.07) is 7.59. The van der Waals surface area contributed by atoms with Gasteiger partial charge in [0.2, 0.25) is 5.91 Å². The Labute approximate surface area is 201 Å². The average molecular weight is 483 g/mol. The number of halogens is 2. The van der Waals surface area contributed by atoms with E-state index >= 15 is 0 Å². The molecule has 3 heterocycles. The van der Waals surface area contributed by atoms with E-state index in [0.29, 0.717) is 28.2 Å². The van der Waals surface area contributed by atoms with Gasteiger partial charge < -0.3 is 5.32 Å². The lowest BCUT2D eigenvalue weighted by Crippen LogP contribution is -2.20. The van der Waals surface area contributed by atoms with Gasteiger partial charge in [0, 0.05) is 11.6 Å². The number of pyridine rings is 1. The van der Waals surface area contributed by atoms with Gasteiger partial charge in [-0.3, -0.25) is 9.48 Å². The molecule has 0 saturated heterocycles. The van der Waals surface area contributed by atoms with Crippen LogP contribution in [-0.2, 0) is 17.9 Å². The number of nitrogens with zero attached hydrogens (tertiary/aromatic N) is 5. The van der Waals surface area contributed by atoms with Crippen LogP contribution in [0.5, 0.6) is 0 Å². The highest BCUT2D eigenvalue weighted by Gasteiger charge is 2.28. The van der Waals surface area contributed by atoms with E-state index in [9.17, 15) is 4.79 Å². The molecular weight excluding hydrogens is 459 g/mol. The second-order valence-electron chi connectivity index (χ2n) is 8.62. The van der Waals surface area contributed by atoms with E-state index in [-0.39, 0.29) is 12.5 Å². The summed E-state index contributed by atoms with van der Waals surface area (Å²) in [4.78, 5) is 17.5. The van der Waals surface area contributed by atoms with Crippen molar-refractivity contribution in [1.82, 2.24) is 24.5 Å². The number of carbonyl (C=O) groups is 1. The molecule has 3 aromatic heterocycles. The molecule has 1 amide bonds. The van der Waals surface area contributed by atoms with Crippen molar-refractivity contribution in [3.63, 3.8) is 0 Å². The lowest BCUT2D eigenvalue weighted by Gasteiger charge is -2.09. The SMILES string of the molecule is Cc1nn(Cc2ccc(Cl)c(Cl)c2)c(C)c1NC(=O)Cn1nc(C)c2c(C3CC3)ccnc21. The molecule has 7 nitrogen and oxygen atoms in total. The fourth-order valence-corrected chi connectivity index (χ4v) is 4.63. The molecule has 5 rings (SSSR count). The van der Waals surface area contributed by atoms with E-state index in [1.165, 1.54) is 18.4 Å². The van der Waals surface area contributed by atoms with Crippen LogP contribution in [0, 0.1) is 20.8 Å². The molecule has 1 aliphatic carbocycles. The Bertz CT molecular complexity index is 1390. The summed E-state index contributed by atoms with van der Waals surface area (Å²) in [6.45, 7) is 6.40. The number of benzene rings is 1. The summed E-state index contributed by atoms with van der Waals surface area (Å²) in [5.74, 6) is 0.422. The van der Waals surface area contributed by atoms with Crippen LogP contribution in [0.2, 0.25) is 10.0 Å². The maximum Gasteiger partial charge on any atom is 0.246 e. The molecule has 1 aliphatic rings. The molecule has 170 valence electrons. The highest BCUT2D eigenvalue weighted by molar-refractivity contribution is 6.42. The Morgan fingerprint density at radius 1 is 1.06 bits per heavy atom. The molecule has 1 fully saturated rings. The number of fused-ring (bicyclic) bond motifs is 1. The van der Waals surface area contributed by atoms with Crippen molar-refractivity contribution in [1.29, 1.82) is 0 Å². The Morgan fingerprint density at radius 2 is 1.82 bits per heavy atom. The van der Waals surface area contributed by atoms with Gasteiger partial charge in [-0.05, 0) is 68.9 Å². The van der Waals surface area contributed by atoms with Crippen LogP contribution in [0.25, 0.3) is 11.0 Å². The Hall–Kier alpha value is -2.90. The van der Waals surface area contributed by atoms with Gasteiger partial charge in [-0.2, -0.15) is 10.2 Å². The zero-order chi connectivity index (χ0) is 23.3. The molecule has 1 aromatic carbocycles. The lowest BCUT2D eigenvalue weighted by atomic mass is 10.1. The fraction of sp³-hybridized carbons (Fsp3) is 0.333. The molecule has 0 spiro atoms. The molecule has 0 bridgehead atoms. The van der Waals surface area contributed by atoms with Crippen molar-refractivity contribution >= 4 is 45.8 Å². The number of carbonyl (C=O) groups excluding carboxylic acids is 1. The third-order valence-electron chi connectivity index (χ3n) is 6.11. The number of aromatic nitrogens is 5. The third kappa shape index (κ3) is 4.23. The monoisotopic (exact) mass is 482 g/mol. The van der Waals surface area contributed by atoms with Crippen molar-refractivity contribution in [2.24, 2.45) is 0 Å². The highest BCUT2D eigenvalue weighted by Crippen LogP contribution is 2.43. The number of anilines is 1. The molecule has 0 radical (unpaired) electrons. The van der Waals surface area contributed by atoms with E-state index < -0.39 is 0 Å². The minimum absolute atomic E-state index is 0.0856. The summed E-state index contributed by atoms with van der Waals surface area (Å²) >= 11 is 12.2. The molecule has 0 atom stereocenters. The predicted octanol–water partition coefficient (Wildman–Crippen LogP) is 5.42. The van der Waals surface area contributed by atoms with Crippen LogP contribution in [0.4, 0.5) is 5.69 Å². The number of aryl methyl sites for hydroxylation is 2. The number of amides is 1. The predicted molar refractivity (Wildman–Crippen MR) is 130 cm³/mol. The topological polar surface area (TPSA) is 77.6 Å². The maximum absolute atomic E-state index is 13.0. The Kier molecular flexibility index (Phi) is 5.62. The van der Waals surface area contributed by atoms with Crippen molar-refractivity contribution < 1.29 is 4.79 Å². The molecule has 33 heavy (non-hydrogen) atoms. The quantitative estimate of drug-likeness (QED) is 0.397. The first kappa shape index (κ1) is 21.9. The first-order chi connectivity index (χ1) is 15.8. The number of hydrogen-bond donors (Lipinski definition) is 1. The van der Waals surface area contributed by atoms with Crippen LogP contribution in [-0.4, -0.2) is 30.5 Å². The minimum Gasteiger partial charge on any atom is -0.321 e. The van der Waals surface area contributed by atoms with Crippen molar-refractivity contribution in [3.8, 4) is 0 Å². The summed E-state index contributed by atoms with van der Waals surface area (Å²) in [5.41, 5.74) is 6.26. The molecule has 1 saturated carbocycles. The van der Waals surface area contributed by atoms with Gasteiger partial charge in [0.15, 0.2) is 5.65 Å². The zero-order valence-electron chi connectivity index (χ0n) is 18.7. The summed E-state index contributed by atoms with van der Waals surface area (Å²) < 4.78 is 3.54. The van der Waals surface area contributed by atoms with Crippen LogP contribution < -0.4 is 5.32 Å². The standard InChI is InChI=1S/C24H24Cl2N6O/c1-13-22-18(17-5-6-17)8-9-27-24(22)32(29-13)12-21(33)28-23-14(2)30-31(15(23)3)11-16-4-7-19(25)20(26)10-16/h4,7-10,17H,5-6,11-12H2,1-3H3,(H,28,33). The van der Waals surface area contributed by atoms with Crippen LogP contribution in [0.3, 0.4) is 0 Å². The fourth-order valence-electron chi connectivity index (χ4n) is 4.31. The maximum atomic E-state index is 13.0. The van der Waals surface area contributed by atoms with E-state index in [0.717, 1.165) is 33.7 Å². The van der Waals surface area contributed by atoms with Gasteiger partial charge in [0.05, 0.1) is 39.4 Å². The van der Waals surface area contributed by atoms with Gasteiger partial charge in [-0.1, -0.05) is 29.3 Å². The molecular formula is C24H24Cl2N6O. The van der Waals surface area contributed by atoms with Gasteiger partial charge >= 0.3 is 0 Å².